The molecule has 6 heteroatoms. The number of aliphatic hydroxyl groups is 1. The van der Waals surface area contributed by atoms with Crippen LogP contribution in [-0.4, -0.2) is 29.8 Å². The van der Waals surface area contributed by atoms with E-state index in [1.807, 2.05) is 0 Å². The molecule has 0 fully saturated rings. The van der Waals surface area contributed by atoms with Gasteiger partial charge < -0.3 is 5.11 Å². The lowest BCUT2D eigenvalue weighted by Crippen LogP contribution is -2.12. The molecule has 0 aliphatic heterocycles. The lowest BCUT2D eigenvalue weighted by molar-refractivity contribution is 0.164. The molecule has 0 saturated carbocycles. The number of hydrogen-bond acceptors (Lipinski definition) is 5. The summed E-state index contributed by atoms with van der Waals surface area (Å²) in [6, 6.07) is 1.72. The first-order chi connectivity index (χ1) is 8.31. The van der Waals surface area contributed by atoms with Crippen molar-refractivity contribution in [1.29, 1.82) is 0 Å². The van der Waals surface area contributed by atoms with Crippen LogP contribution in [0.2, 0.25) is 0 Å². The normalized spacial score (nSPS) is 12.6. The summed E-state index contributed by atoms with van der Waals surface area (Å²) in [4.78, 5) is 12.2. The van der Waals surface area contributed by atoms with Crippen LogP contribution in [0.1, 0.15) is 31.1 Å². The van der Waals surface area contributed by atoms with Crippen molar-refractivity contribution in [2.45, 2.75) is 32.4 Å². The SMILES string of the molecule is CCCn1ncnc1CC(O)c1ncccn1. The summed E-state index contributed by atoms with van der Waals surface area (Å²) in [6.45, 7) is 2.87. The maximum absolute atomic E-state index is 9.98. The predicted octanol–water partition coefficient (Wildman–Crippen LogP) is 0.754. The zero-order valence-corrected chi connectivity index (χ0v) is 9.69. The van der Waals surface area contributed by atoms with Crippen molar-refractivity contribution in [2.24, 2.45) is 0 Å². The van der Waals surface area contributed by atoms with Crippen molar-refractivity contribution in [3.05, 3.63) is 36.4 Å². The largest absolute Gasteiger partial charge is 0.385 e. The summed E-state index contributed by atoms with van der Waals surface area (Å²) in [6.07, 6.45) is 5.35. The molecule has 0 aliphatic rings. The third-order valence-corrected chi connectivity index (χ3v) is 2.39. The van der Waals surface area contributed by atoms with Gasteiger partial charge in [0.05, 0.1) is 0 Å². The predicted molar refractivity (Wildman–Crippen MR) is 61.0 cm³/mol. The lowest BCUT2D eigenvalue weighted by Gasteiger charge is -2.09. The van der Waals surface area contributed by atoms with E-state index in [1.54, 1.807) is 23.1 Å². The van der Waals surface area contributed by atoms with E-state index < -0.39 is 6.10 Å². The number of aryl methyl sites for hydroxylation is 1. The third-order valence-electron chi connectivity index (χ3n) is 2.39. The zero-order chi connectivity index (χ0) is 12.1. The van der Waals surface area contributed by atoms with Crippen molar-refractivity contribution < 1.29 is 5.11 Å². The lowest BCUT2D eigenvalue weighted by atomic mass is 10.2. The number of aromatic nitrogens is 5. The molecule has 0 saturated heterocycles. The van der Waals surface area contributed by atoms with Crippen LogP contribution in [-0.2, 0) is 13.0 Å². The minimum atomic E-state index is -0.740. The molecule has 0 bridgehead atoms. The number of aliphatic hydroxyl groups excluding tert-OH is 1. The van der Waals surface area contributed by atoms with E-state index in [2.05, 4.69) is 27.0 Å². The Morgan fingerprint density at radius 3 is 2.76 bits per heavy atom. The zero-order valence-electron chi connectivity index (χ0n) is 9.69. The van der Waals surface area contributed by atoms with Gasteiger partial charge in [-0.3, -0.25) is 4.68 Å². The van der Waals surface area contributed by atoms with Gasteiger partial charge in [-0.25, -0.2) is 15.0 Å². The van der Waals surface area contributed by atoms with Crippen LogP contribution in [0.15, 0.2) is 24.8 Å². The summed E-state index contributed by atoms with van der Waals surface area (Å²) >= 11 is 0. The average Bonchev–Trinajstić information content (AvgIpc) is 2.78. The fourth-order valence-electron chi connectivity index (χ4n) is 1.59. The summed E-state index contributed by atoms with van der Waals surface area (Å²) in [7, 11) is 0. The van der Waals surface area contributed by atoms with Crippen LogP contribution in [0, 0.1) is 0 Å². The molecule has 90 valence electrons. The van der Waals surface area contributed by atoms with Gasteiger partial charge in [-0.15, -0.1) is 0 Å². The highest BCUT2D eigenvalue weighted by Crippen LogP contribution is 2.12. The first-order valence-corrected chi connectivity index (χ1v) is 5.63. The van der Waals surface area contributed by atoms with Crippen molar-refractivity contribution in [3.8, 4) is 0 Å². The molecule has 2 aromatic heterocycles. The number of nitrogens with zero attached hydrogens (tertiary/aromatic N) is 5. The van der Waals surface area contributed by atoms with E-state index in [-0.39, 0.29) is 0 Å². The molecule has 1 unspecified atom stereocenters. The molecule has 6 nitrogen and oxygen atoms in total. The molecule has 0 aliphatic carbocycles. The Hall–Kier alpha value is -1.82. The highest BCUT2D eigenvalue weighted by molar-refractivity contribution is 4.98. The van der Waals surface area contributed by atoms with Crippen LogP contribution < -0.4 is 0 Å². The molecule has 0 amide bonds. The van der Waals surface area contributed by atoms with Gasteiger partial charge in [0.15, 0.2) is 5.82 Å². The first-order valence-electron chi connectivity index (χ1n) is 5.63. The van der Waals surface area contributed by atoms with Crippen molar-refractivity contribution in [2.75, 3.05) is 0 Å². The third kappa shape index (κ3) is 2.85. The van der Waals surface area contributed by atoms with Gasteiger partial charge in [-0.05, 0) is 12.5 Å². The van der Waals surface area contributed by atoms with Gasteiger partial charge in [0.25, 0.3) is 0 Å². The Labute approximate surface area is 99.4 Å². The van der Waals surface area contributed by atoms with Crippen LogP contribution in [0.5, 0.6) is 0 Å². The minimum Gasteiger partial charge on any atom is -0.385 e. The van der Waals surface area contributed by atoms with E-state index in [0.717, 1.165) is 18.8 Å². The Bertz CT molecular complexity index is 456. The molecule has 1 N–H and O–H groups in total. The topological polar surface area (TPSA) is 76.7 Å². The van der Waals surface area contributed by atoms with Crippen LogP contribution in [0.3, 0.4) is 0 Å². The second-order valence-corrected chi connectivity index (χ2v) is 3.73. The molecular weight excluding hydrogens is 218 g/mol. The maximum atomic E-state index is 9.98. The first kappa shape index (κ1) is 11.7. The van der Waals surface area contributed by atoms with Gasteiger partial charge in [0.1, 0.15) is 18.3 Å². The standard InChI is InChI=1S/C11H15N5O/c1-2-6-16-10(14-8-15-16)7-9(17)11-12-4-3-5-13-11/h3-5,8-9,17H,2,6-7H2,1H3. The molecule has 17 heavy (non-hydrogen) atoms. The van der Waals surface area contributed by atoms with Gasteiger partial charge in [-0.1, -0.05) is 6.92 Å². The quantitative estimate of drug-likeness (QED) is 0.824. The van der Waals surface area contributed by atoms with Crippen molar-refractivity contribution in [1.82, 2.24) is 24.7 Å². The molecule has 2 rings (SSSR count). The molecule has 0 radical (unpaired) electrons. The molecule has 0 aromatic carbocycles. The van der Waals surface area contributed by atoms with Crippen LogP contribution >= 0.6 is 0 Å². The summed E-state index contributed by atoms with van der Waals surface area (Å²) in [5.41, 5.74) is 0. The highest BCUT2D eigenvalue weighted by Gasteiger charge is 2.14. The second kappa shape index (κ2) is 5.49. The van der Waals surface area contributed by atoms with E-state index >= 15 is 0 Å². The van der Waals surface area contributed by atoms with Crippen LogP contribution in [0.4, 0.5) is 0 Å². The van der Waals surface area contributed by atoms with E-state index in [1.165, 1.54) is 6.33 Å². The Kier molecular flexibility index (Phi) is 3.77. The minimum absolute atomic E-state index is 0.379. The van der Waals surface area contributed by atoms with E-state index in [4.69, 9.17) is 0 Å². The van der Waals surface area contributed by atoms with E-state index in [0.29, 0.717) is 12.2 Å². The highest BCUT2D eigenvalue weighted by atomic mass is 16.3. The van der Waals surface area contributed by atoms with Crippen molar-refractivity contribution >= 4 is 0 Å². The van der Waals surface area contributed by atoms with Crippen molar-refractivity contribution in [3.63, 3.8) is 0 Å². The average molecular weight is 233 g/mol. The second-order valence-electron chi connectivity index (χ2n) is 3.73. The Morgan fingerprint density at radius 1 is 1.29 bits per heavy atom. The molecule has 1 atom stereocenters. The van der Waals surface area contributed by atoms with Gasteiger partial charge in [0, 0.05) is 25.4 Å². The monoisotopic (exact) mass is 233 g/mol. The van der Waals surface area contributed by atoms with Gasteiger partial charge >= 0.3 is 0 Å². The number of hydrogen-bond donors (Lipinski definition) is 1. The van der Waals surface area contributed by atoms with Gasteiger partial charge in [0.2, 0.25) is 0 Å². The molecule has 2 heterocycles. The van der Waals surface area contributed by atoms with Gasteiger partial charge in [-0.2, -0.15) is 5.10 Å². The van der Waals surface area contributed by atoms with Crippen LogP contribution in [0.25, 0.3) is 0 Å². The molecule has 0 spiro atoms. The smallest absolute Gasteiger partial charge is 0.157 e. The summed E-state index contributed by atoms with van der Waals surface area (Å²) in [5, 5.41) is 14.1. The fourth-order valence-corrected chi connectivity index (χ4v) is 1.59. The Morgan fingerprint density at radius 2 is 2.06 bits per heavy atom. The summed E-state index contributed by atoms with van der Waals surface area (Å²) in [5.74, 6) is 1.17. The summed E-state index contributed by atoms with van der Waals surface area (Å²) < 4.78 is 1.80. The van der Waals surface area contributed by atoms with E-state index in [9.17, 15) is 5.11 Å². The molecular formula is C11H15N5O. The fraction of sp³-hybridized carbons (Fsp3) is 0.455. The Balaban J connectivity index is 2.08. The maximum Gasteiger partial charge on any atom is 0.157 e. The molecule has 2 aromatic rings. The number of rotatable bonds is 5.